The maximum Gasteiger partial charge on any atom is 0.124 e. The lowest BCUT2D eigenvalue weighted by atomic mass is 9.98. The monoisotopic (exact) mass is 312 g/mol. The summed E-state index contributed by atoms with van der Waals surface area (Å²) in [7, 11) is 0. The molecule has 0 spiro atoms. The highest BCUT2D eigenvalue weighted by molar-refractivity contribution is 9.10. The van der Waals surface area contributed by atoms with Crippen LogP contribution in [-0.4, -0.2) is 24.0 Å². The van der Waals surface area contributed by atoms with Crippen LogP contribution in [0.5, 0.6) is 0 Å². The topological polar surface area (TPSA) is 29.3 Å². The summed E-state index contributed by atoms with van der Waals surface area (Å²) in [5.74, 6) is 1.26. The lowest BCUT2D eigenvalue weighted by Gasteiger charge is -2.19. The van der Waals surface area contributed by atoms with Crippen molar-refractivity contribution in [2.24, 2.45) is 17.6 Å². The van der Waals surface area contributed by atoms with Crippen molar-refractivity contribution in [3.63, 3.8) is 0 Å². The Morgan fingerprint density at radius 1 is 1.33 bits per heavy atom. The molecule has 1 saturated carbocycles. The molecular weight excluding hydrogens is 295 g/mol. The van der Waals surface area contributed by atoms with Crippen LogP contribution in [0.25, 0.3) is 0 Å². The van der Waals surface area contributed by atoms with Gasteiger partial charge in [0.25, 0.3) is 0 Å². The van der Waals surface area contributed by atoms with E-state index < -0.39 is 0 Å². The maximum atomic E-state index is 13.0. The lowest BCUT2D eigenvalue weighted by Crippen LogP contribution is -2.30. The average Bonchev–Trinajstić information content (AvgIpc) is 2.86. The molecule has 1 aromatic carbocycles. The van der Waals surface area contributed by atoms with Crippen molar-refractivity contribution in [1.29, 1.82) is 0 Å². The molecule has 1 aliphatic heterocycles. The number of nitrogens with zero attached hydrogens (tertiary/aromatic N) is 1. The van der Waals surface area contributed by atoms with E-state index in [0.717, 1.165) is 35.6 Å². The van der Waals surface area contributed by atoms with Gasteiger partial charge in [0, 0.05) is 30.1 Å². The van der Waals surface area contributed by atoms with E-state index in [1.54, 1.807) is 0 Å². The Labute approximate surface area is 115 Å². The van der Waals surface area contributed by atoms with Crippen LogP contribution in [0.1, 0.15) is 18.4 Å². The highest BCUT2D eigenvalue weighted by Crippen LogP contribution is 2.38. The van der Waals surface area contributed by atoms with E-state index in [9.17, 15) is 4.39 Å². The van der Waals surface area contributed by atoms with Crippen LogP contribution >= 0.6 is 15.9 Å². The van der Waals surface area contributed by atoms with Crippen molar-refractivity contribution >= 4 is 15.9 Å². The van der Waals surface area contributed by atoms with Crippen LogP contribution < -0.4 is 5.73 Å². The van der Waals surface area contributed by atoms with Crippen LogP contribution in [0.15, 0.2) is 22.7 Å². The highest BCUT2D eigenvalue weighted by atomic mass is 79.9. The SMILES string of the molecule is NC1CCC2CN(Cc3ccc(F)cc3Br)CC12. The van der Waals surface area contributed by atoms with E-state index in [4.69, 9.17) is 5.73 Å². The number of likely N-dealkylation sites (tertiary alicyclic amines) is 1. The lowest BCUT2D eigenvalue weighted by molar-refractivity contribution is 0.297. The van der Waals surface area contributed by atoms with Gasteiger partial charge in [0.1, 0.15) is 5.82 Å². The van der Waals surface area contributed by atoms with Crippen LogP contribution in [0.3, 0.4) is 0 Å². The molecule has 1 aromatic rings. The summed E-state index contributed by atoms with van der Waals surface area (Å²) < 4.78 is 13.9. The Kier molecular flexibility index (Phi) is 3.43. The minimum absolute atomic E-state index is 0.189. The normalized spacial score (nSPS) is 31.8. The fraction of sp³-hybridized carbons (Fsp3) is 0.571. The third-order valence-electron chi connectivity index (χ3n) is 4.40. The van der Waals surface area contributed by atoms with Gasteiger partial charge < -0.3 is 5.73 Å². The van der Waals surface area contributed by atoms with Crippen molar-refractivity contribution in [3.8, 4) is 0 Å². The van der Waals surface area contributed by atoms with Gasteiger partial charge in [0.05, 0.1) is 0 Å². The minimum atomic E-state index is -0.189. The van der Waals surface area contributed by atoms with E-state index in [1.165, 1.54) is 25.0 Å². The molecule has 1 saturated heterocycles. The van der Waals surface area contributed by atoms with E-state index in [0.29, 0.717) is 12.0 Å². The average molecular weight is 313 g/mol. The van der Waals surface area contributed by atoms with Gasteiger partial charge in [-0.05, 0) is 42.4 Å². The number of benzene rings is 1. The van der Waals surface area contributed by atoms with Gasteiger partial charge in [-0.1, -0.05) is 22.0 Å². The Morgan fingerprint density at radius 2 is 2.17 bits per heavy atom. The van der Waals surface area contributed by atoms with Crippen LogP contribution in [0, 0.1) is 17.7 Å². The standard InChI is InChI=1S/C14H18BrFN2/c15-13-5-11(16)3-1-10(13)7-18-6-9-2-4-14(17)12(9)8-18/h1,3,5,9,12,14H,2,4,6-8,17H2. The number of nitrogens with two attached hydrogens (primary N) is 1. The molecule has 0 aromatic heterocycles. The number of hydrogen-bond donors (Lipinski definition) is 1. The fourth-order valence-corrected chi connectivity index (χ4v) is 3.90. The van der Waals surface area contributed by atoms with Crippen LogP contribution in [0.4, 0.5) is 4.39 Å². The first-order chi connectivity index (χ1) is 8.63. The maximum absolute atomic E-state index is 13.0. The zero-order chi connectivity index (χ0) is 12.7. The quantitative estimate of drug-likeness (QED) is 0.910. The van der Waals surface area contributed by atoms with Gasteiger partial charge in [0.15, 0.2) is 0 Å². The largest absolute Gasteiger partial charge is 0.327 e. The van der Waals surface area contributed by atoms with Gasteiger partial charge >= 0.3 is 0 Å². The number of rotatable bonds is 2. The minimum Gasteiger partial charge on any atom is -0.327 e. The third-order valence-corrected chi connectivity index (χ3v) is 5.14. The van der Waals surface area contributed by atoms with E-state index in [1.807, 2.05) is 6.07 Å². The van der Waals surface area contributed by atoms with Gasteiger partial charge in [0.2, 0.25) is 0 Å². The van der Waals surface area contributed by atoms with Crippen LogP contribution in [-0.2, 0) is 6.54 Å². The molecule has 2 aliphatic rings. The molecule has 0 bridgehead atoms. The van der Waals surface area contributed by atoms with Gasteiger partial charge in [-0.2, -0.15) is 0 Å². The molecule has 2 N–H and O–H groups in total. The molecule has 1 heterocycles. The third kappa shape index (κ3) is 2.33. The molecule has 0 radical (unpaired) electrons. The molecule has 3 unspecified atom stereocenters. The molecule has 98 valence electrons. The number of fused-ring (bicyclic) bond motifs is 1. The molecule has 3 rings (SSSR count). The molecule has 3 atom stereocenters. The summed E-state index contributed by atoms with van der Waals surface area (Å²) in [6.45, 7) is 3.12. The Balaban J connectivity index is 1.68. The molecule has 2 fully saturated rings. The zero-order valence-electron chi connectivity index (χ0n) is 10.3. The first kappa shape index (κ1) is 12.6. The van der Waals surface area contributed by atoms with Crippen molar-refractivity contribution in [1.82, 2.24) is 4.90 Å². The second-order valence-corrected chi connectivity index (χ2v) is 6.45. The van der Waals surface area contributed by atoms with Gasteiger partial charge in [-0.3, -0.25) is 4.90 Å². The molecule has 18 heavy (non-hydrogen) atoms. The summed E-state index contributed by atoms with van der Waals surface area (Å²) in [4.78, 5) is 2.45. The van der Waals surface area contributed by atoms with Gasteiger partial charge in [-0.15, -0.1) is 0 Å². The smallest absolute Gasteiger partial charge is 0.124 e. The number of halogens is 2. The van der Waals surface area contributed by atoms with Gasteiger partial charge in [-0.25, -0.2) is 4.39 Å². The first-order valence-electron chi connectivity index (χ1n) is 6.55. The molecule has 0 amide bonds. The Morgan fingerprint density at radius 3 is 2.89 bits per heavy atom. The second kappa shape index (κ2) is 4.91. The summed E-state index contributed by atoms with van der Waals surface area (Å²) in [5, 5.41) is 0. The van der Waals surface area contributed by atoms with Crippen LogP contribution in [0.2, 0.25) is 0 Å². The van der Waals surface area contributed by atoms with Crippen molar-refractivity contribution in [2.45, 2.75) is 25.4 Å². The van der Waals surface area contributed by atoms with E-state index in [2.05, 4.69) is 20.8 Å². The van der Waals surface area contributed by atoms with E-state index >= 15 is 0 Å². The summed E-state index contributed by atoms with van der Waals surface area (Å²) in [6.07, 6.45) is 2.45. The highest BCUT2D eigenvalue weighted by Gasteiger charge is 2.40. The molecule has 4 heteroatoms. The van der Waals surface area contributed by atoms with Crippen molar-refractivity contribution in [2.75, 3.05) is 13.1 Å². The summed E-state index contributed by atoms with van der Waals surface area (Å²) >= 11 is 3.44. The Hall–Kier alpha value is -0.450. The second-order valence-electron chi connectivity index (χ2n) is 5.59. The predicted molar refractivity (Wildman–Crippen MR) is 73.6 cm³/mol. The summed E-state index contributed by atoms with van der Waals surface area (Å²) in [5.41, 5.74) is 7.30. The first-order valence-corrected chi connectivity index (χ1v) is 7.34. The van der Waals surface area contributed by atoms with Crippen molar-refractivity contribution < 1.29 is 4.39 Å². The Bertz CT molecular complexity index is 451. The summed E-state index contributed by atoms with van der Waals surface area (Å²) in [6, 6.07) is 5.32. The van der Waals surface area contributed by atoms with Crippen molar-refractivity contribution in [3.05, 3.63) is 34.1 Å². The van der Waals surface area contributed by atoms with E-state index in [-0.39, 0.29) is 5.82 Å². The molecule has 2 nitrogen and oxygen atoms in total. The fourth-order valence-electron chi connectivity index (χ4n) is 3.42. The number of hydrogen-bond acceptors (Lipinski definition) is 2. The predicted octanol–water partition coefficient (Wildman–Crippen LogP) is 2.76. The zero-order valence-corrected chi connectivity index (χ0v) is 11.9. The molecular formula is C14H18BrFN2. The molecule has 1 aliphatic carbocycles.